The Morgan fingerprint density at radius 2 is 1.79 bits per heavy atom. The van der Waals surface area contributed by atoms with Gasteiger partial charge >= 0.3 is 0 Å². The van der Waals surface area contributed by atoms with Crippen LogP contribution in [0.4, 0.5) is 0 Å². The number of hydrogen-bond acceptors (Lipinski definition) is 4. The molecule has 0 unspecified atom stereocenters. The molecule has 2 aromatic carbocycles. The summed E-state index contributed by atoms with van der Waals surface area (Å²) in [6.07, 6.45) is 2.55. The van der Waals surface area contributed by atoms with E-state index in [1.54, 1.807) is 18.2 Å². The lowest BCUT2D eigenvalue weighted by Crippen LogP contribution is -2.01. The van der Waals surface area contributed by atoms with Crippen LogP contribution in [-0.2, 0) is 6.42 Å². The van der Waals surface area contributed by atoms with Crippen LogP contribution in [0.1, 0.15) is 19.4 Å². The second kappa shape index (κ2) is 6.24. The third-order valence-corrected chi connectivity index (χ3v) is 3.81. The Labute approximate surface area is 139 Å². The molecule has 1 aromatic heterocycles. The molecule has 0 fully saturated rings. The molecule has 3 aromatic rings. The maximum Gasteiger partial charge on any atom is 0.193 e. The van der Waals surface area contributed by atoms with Gasteiger partial charge in [0.25, 0.3) is 0 Å². The third-order valence-electron chi connectivity index (χ3n) is 3.81. The van der Waals surface area contributed by atoms with E-state index in [0.29, 0.717) is 34.3 Å². The maximum atomic E-state index is 12.4. The first-order chi connectivity index (χ1) is 11.4. The van der Waals surface area contributed by atoms with Crippen LogP contribution in [0.25, 0.3) is 22.3 Å². The van der Waals surface area contributed by atoms with E-state index in [2.05, 4.69) is 0 Å². The lowest BCUT2D eigenvalue weighted by molar-refractivity contribution is 0.468. The molecule has 122 valence electrons. The number of hydrogen-bond donors (Lipinski definition) is 2. The van der Waals surface area contributed by atoms with E-state index in [0.717, 1.165) is 5.57 Å². The van der Waals surface area contributed by atoms with Gasteiger partial charge in [0.15, 0.2) is 5.43 Å². The minimum Gasteiger partial charge on any atom is -0.508 e. The summed E-state index contributed by atoms with van der Waals surface area (Å²) in [5, 5.41) is 20.0. The number of benzene rings is 2. The minimum absolute atomic E-state index is 0.103. The Balaban J connectivity index is 2.12. The summed E-state index contributed by atoms with van der Waals surface area (Å²) in [5.74, 6) is 0.637. The van der Waals surface area contributed by atoms with Crippen LogP contribution < -0.4 is 5.43 Å². The van der Waals surface area contributed by atoms with E-state index in [4.69, 9.17) is 4.42 Å². The van der Waals surface area contributed by atoms with Crippen LogP contribution in [0.15, 0.2) is 63.3 Å². The highest BCUT2D eigenvalue weighted by Crippen LogP contribution is 2.28. The lowest BCUT2D eigenvalue weighted by atomic mass is 10.0. The molecule has 3 rings (SSSR count). The predicted octanol–water partition coefficient (Wildman–Crippen LogP) is 4.38. The van der Waals surface area contributed by atoms with Crippen molar-refractivity contribution in [3.05, 3.63) is 69.9 Å². The zero-order valence-electron chi connectivity index (χ0n) is 13.5. The molecule has 0 aliphatic heterocycles. The predicted molar refractivity (Wildman–Crippen MR) is 94.4 cm³/mol. The van der Waals surface area contributed by atoms with Gasteiger partial charge in [-0.05, 0) is 56.2 Å². The molecule has 0 spiro atoms. The van der Waals surface area contributed by atoms with Crippen LogP contribution in [-0.4, -0.2) is 10.2 Å². The second-order valence-electron chi connectivity index (χ2n) is 5.98. The molecule has 0 aliphatic rings. The fourth-order valence-electron chi connectivity index (χ4n) is 2.48. The summed E-state index contributed by atoms with van der Waals surface area (Å²) in [6, 6.07) is 11.0. The van der Waals surface area contributed by atoms with E-state index in [1.807, 2.05) is 19.9 Å². The van der Waals surface area contributed by atoms with Crippen molar-refractivity contribution < 1.29 is 14.6 Å². The number of rotatable bonds is 3. The molecule has 0 bridgehead atoms. The highest BCUT2D eigenvalue weighted by molar-refractivity contribution is 5.81. The summed E-state index contributed by atoms with van der Waals surface area (Å²) < 4.78 is 5.77. The fraction of sp³-hybridized carbons (Fsp3) is 0.150. The van der Waals surface area contributed by atoms with Gasteiger partial charge in [-0.2, -0.15) is 0 Å². The fourth-order valence-corrected chi connectivity index (χ4v) is 2.48. The normalized spacial score (nSPS) is 10.8. The molecule has 2 N–H and O–H groups in total. The SMILES string of the molecule is CC(C)=CCc1cc2c(=O)cc(-c3ccc(O)cc3)oc2cc1O. The van der Waals surface area contributed by atoms with Crippen LogP contribution in [0, 0.1) is 0 Å². The van der Waals surface area contributed by atoms with Crippen LogP contribution in [0.3, 0.4) is 0 Å². The molecule has 0 radical (unpaired) electrons. The van der Waals surface area contributed by atoms with Gasteiger partial charge in [0.1, 0.15) is 22.8 Å². The van der Waals surface area contributed by atoms with E-state index >= 15 is 0 Å². The van der Waals surface area contributed by atoms with Crippen LogP contribution in [0.2, 0.25) is 0 Å². The Morgan fingerprint density at radius 3 is 2.46 bits per heavy atom. The number of phenols is 2. The van der Waals surface area contributed by atoms with Crippen molar-refractivity contribution in [2.24, 2.45) is 0 Å². The van der Waals surface area contributed by atoms with E-state index < -0.39 is 0 Å². The molecule has 0 saturated carbocycles. The highest BCUT2D eigenvalue weighted by atomic mass is 16.3. The van der Waals surface area contributed by atoms with Crippen molar-refractivity contribution in [3.63, 3.8) is 0 Å². The average molecular weight is 322 g/mol. The number of phenolic OH excluding ortho intramolecular Hbond substituents is 2. The second-order valence-corrected chi connectivity index (χ2v) is 5.98. The summed E-state index contributed by atoms with van der Waals surface area (Å²) in [6.45, 7) is 3.97. The number of fused-ring (bicyclic) bond motifs is 1. The van der Waals surface area contributed by atoms with Gasteiger partial charge in [0.2, 0.25) is 0 Å². The zero-order chi connectivity index (χ0) is 17.3. The molecule has 0 amide bonds. The number of allylic oxidation sites excluding steroid dienone is 2. The molecule has 0 saturated heterocycles. The van der Waals surface area contributed by atoms with E-state index in [-0.39, 0.29) is 16.9 Å². The third kappa shape index (κ3) is 3.18. The summed E-state index contributed by atoms with van der Waals surface area (Å²) >= 11 is 0. The summed E-state index contributed by atoms with van der Waals surface area (Å²) in [7, 11) is 0. The first-order valence-corrected chi connectivity index (χ1v) is 7.66. The van der Waals surface area contributed by atoms with Crippen molar-refractivity contribution in [1.29, 1.82) is 0 Å². The first kappa shape index (κ1) is 15.9. The Kier molecular flexibility index (Phi) is 4.13. The molecule has 0 atom stereocenters. The number of aromatic hydroxyl groups is 2. The molecular formula is C20H18O4. The van der Waals surface area contributed by atoms with Gasteiger partial charge in [-0.25, -0.2) is 0 Å². The molecule has 0 aliphatic carbocycles. The minimum atomic E-state index is -0.169. The smallest absolute Gasteiger partial charge is 0.193 e. The quantitative estimate of drug-likeness (QED) is 0.702. The van der Waals surface area contributed by atoms with Crippen molar-refractivity contribution >= 4 is 11.0 Å². The monoisotopic (exact) mass is 322 g/mol. The summed E-state index contributed by atoms with van der Waals surface area (Å²) in [5.41, 5.74) is 2.68. The van der Waals surface area contributed by atoms with Gasteiger partial charge < -0.3 is 14.6 Å². The highest BCUT2D eigenvalue weighted by Gasteiger charge is 2.11. The molecule has 1 heterocycles. The van der Waals surface area contributed by atoms with Crippen molar-refractivity contribution in [3.8, 4) is 22.8 Å². The Hall–Kier alpha value is -3.01. The van der Waals surface area contributed by atoms with E-state index in [9.17, 15) is 15.0 Å². The molecule has 4 heteroatoms. The van der Waals surface area contributed by atoms with Gasteiger partial charge in [-0.3, -0.25) is 4.79 Å². The van der Waals surface area contributed by atoms with E-state index in [1.165, 1.54) is 24.3 Å². The summed E-state index contributed by atoms with van der Waals surface area (Å²) in [4.78, 5) is 12.4. The maximum absolute atomic E-state index is 12.4. The lowest BCUT2D eigenvalue weighted by Gasteiger charge is -2.07. The zero-order valence-corrected chi connectivity index (χ0v) is 13.5. The first-order valence-electron chi connectivity index (χ1n) is 7.66. The van der Waals surface area contributed by atoms with Gasteiger partial charge in [-0.15, -0.1) is 0 Å². The van der Waals surface area contributed by atoms with Crippen LogP contribution >= 0.6 is 0 Å². The molecule has 4 nitrogen and oxygen atoms in total. The molecule has 24 heavy (non-hydrogen) atoms. The van der Waals surface area contributed by atoms with Crippen molar-refractivity contribution in [2.75, 3.05) is 0 Å². The largest absolute Gasteiger partial charge is 0.508 e. The van der Waals surface area contributed by atoms with Gasteiger partial charge in [0.05, 0.1) is 5.39 Å². The standard InChI is InChI=1S/C20H18O4/c1-12(2)3-4-14-9-16-18(23)11-19(24-20(16)10-17(14)22)13-5-7-15(21)8-6-13/h3,5-11,21-22H,4H2,1-2H3. The topological polar surface area (TPSA) is 70.7 Å². The molecular weight excluding hydrogens is 304 g/mol. The average Bonchev–Trinajstić information content (AvgIpc) is 2.53. The Bertz CT molecular complexity index is 975. The van der Waals surface area contributed by atoms with Crippen molar-refractivity contribution in [1.82, 2.24) is 0 Å². The van der Waals surface area contributed by atoms with Gasteiger partial charge in [-0.1, -0.05) is 11.6 Å². The Morgan fingerprint density at radius 1 is 1.08 bits per heavy atom. The van der Waals surface area contributed by atoms with Crippen LogP contribution in [0.5, 0.6) is 11.5 Å². The van der Waals surface area contributed by atoms with Crippen molar-refractivity contribution in [2.45, 2.75) is 20.3 Å². The van der Waals surface area contributed by atoms with Gasteiger partial charge in [0, 0.05) is 17.7 Å².